The summed E-state index contributed by atoms with van der Waals surface area (Å²) < 4.78 is 49.8. The Morgan fingerprint density at radius 3 is 2.35 bits per heavy atom. The van der Waals surface area contributed by atoms with Crippen molar-refractivity contribution in [2.45, 2.75) is 6.92 Å². The van der Waals surface area contributed by atoms with Gasteiger partial charge in [-0.25, -0.2) is 13.2 Å². The van der Waals surface area contributed by atoms with Crippen molar-refractivity contribution in [1.82, 2.24) is 0 Å². The van der Waals surface area contributed by atoms with Crippen molar-refractivity contribution in [2.24, 2.45) is 0 Å². The van der Waals surface area contributed by atoms with Crippen molar-refractivity contribution in [2.75, 3.05) is 12.3 Å². The molecule has 6 heteroatoms. The van der Waals surface area contributed by atoms with E-state index in [-0.39, 0.29) is 29.5 Å². The zero-order chi connectivity index (χ0) is 14.7. The first-order valence-corrected chi connectivity index (χ1v) is 5.86. The molecular weight excluding hydrogens is 271 g/mol. The second-order valence-corrected chi connectivity index (χ2v) is 3.93. The molecule has 0 unspecified atom stereocenters. The van der Waals surface area contributed by atoms with Gasteiger partial charge in [0.05, 0.1) is 12.3 Å². The maximum atomic E-state index is 13.5. The Morgan fingerprint density at radius 2 is 1.70 bits per heavy atom. The Labute approximate surface area is 113 Å². The fraction of sp³-hybridized carbons (Fsp3) is 0.143. The summed E-state index contributed by atoms with van der Waals surface area (Å²) in [5.74, 6) is -2.54. The molecule has 0 aliphatic carbocycles. The SMILES string of the molecule is CCOc1cc(Oc2ccc(F)c(F)c2)c(N)cc1F. The molecule has 0 heterocycles. The Bertz CT molecular complexity index is 632. The molecule has 0 amide bonds. The van der Waals surface area contributed by atoms with Crippen LogP contribution in [0.5, 0.6) is 17.2 Å². The Hall–Kier alpha value is -2.37. The minimum Gasteiger partial charge on any atom is -0.491 e. The number of hydrogen-bond donors (Lipinski definition) is 1. The number of halogens is 3. The molecule has 0 aliphatic rings. The number of nitrogens with two attached hydrogens (primary N) is 1. The molecule has 20 heavy (non-hydrogen) atoms. The van der Waals surface area contributed by atoms with E-state index in [1.165, 1.54) is 12.1 Å². The van der Waals surface area contributed by atoms with Gasteiger partial charge in [-0.15, -0.1) is 0 Å². The van der Waals surface area contributed by atoms with Crippen LogP contribution in [0.2, 0.25) is 0 Å². The van der Waals surface area contributed by atoms with Gasteiger partial charge in [0, 0.05) is 18.2 Å². The summed E-state index contributed by atoms with van der Waals surface area (Å²) in [7, 11) is 0. The van der Waals surface area contributed by atoms with Crippen molar-refractivity contribution in [3.63, 3.8) is 0 Å². The maximum Gasteiger partial charge on any atom is 0.167 e. The summed E-state index contributed by atoms with van der Waals surface area (Å²) in [6.45, 7) is 1.97. The molecule has 2 rings (SSSR count). The molecular formula is C14H12F3NO2. The molecule has 0 aromatic heterocycles. The number of nitrogen functional groups attached to an aromatic ring is 1. The lowest BCUT2D eigenvalue weighted by atomic mass is 10.2. The Morgan fingerprint density at radius 1 is 0.950 bits per heavy atom. The van der Waals surface area contributed by atoms with Crippen LogP contribution in [0.1, 0.15) is 6.92 Å². The van der Waals surface area contributed by atoms with Crippen molar-refractivity contribution >= 4 is 5.69 Å². The van der Waals surface area contributed by atoms with Gasteiger partial charge in [0.15, 0.2) is 29.0 Å². The molecule has 0 atom stereocenters. The highest BCUT2D eigenvalue weighted by Gasteiger charge is 2.12. The standard InChI is InChI=1S/C14H12F3NO2/c1-2-19-13-7-14(12(18)6-11(13)17)20-8-3-4-9(15)10(16)5-8/h3-7H,2,18H2,1H3. The number of anilines is 1. The summed E-state index contributed by atoms with van der Waals surface area (Å²) in [5.41, 5.74) is 5.64. The van der Waals surface area contributed by atoms with Gasteiger partial charge in [-0.1, -0.05) is 0 Å². The van der Waals surface area contributed by atoms with Crippen LogP contribution in [0.15, 0.2) is 30.3 Å². The van der Waals surface area contributed by atoms with Crippen LogP contribution in [-0.2, 0) is 0 Å². The second kappa shape index (κ2) is 5.73. The summed E-state index contributed by atoms with van der Waals surface area (Å²) >= 11 is 0. The fourth-order valence-electron chi connectivity index (χ4n) is 1.57. The smallest absolute Gasteiger partial charge is 0.167 e. The van der Waals surface area contributed by atoms with Crippen molar-refractivity contribution < 1.29 is 22.6 Å². The van der Waals surface area contributed by atoms with Crippen molar-refractivity contribution in [3.05, 3.63) is 47.8 Å². The van der Waals surface area contributed by atoms with Crippen LogP contribution in [-0.4, -0.2) is 6.61 Å². The number of benzene rings is 2. The molecule has 2 N–H and O–H groups in total. The van der Waals surface area contributed by atoms with Crippen LogP contribution in [0.4, 0.5) is 18.9 Å². The van der Waals surface area contributed by atoms with Crippen LogP contribution in [0.3, 0.4) is 0 Å². The molecule has 106 valence electrons. The molecule has 0 spiro atoms. The monoisotopic (exact) mass is 283 g/mol. The molecule has 2 aromatic carbocycles. The Balaban J connectivity index is 2.32. The van der Waals surface area contributed by atoms with Gasteiger partial charge in [-0.3, -0.25) is 0 Å². The second-order valence-electron chi connectivity index (χ2n) is 3.93. The molecule has 0 radical (unpaired) electrons. The topological polar surface area (TPSA) is 44.5 Å². The summed E-state index contributed by atoms with van der Waals surface area (Å²) in [6, 6.07) is 5.34. The first-order chi connectivity index (χ1) is 9.51. The van der Waals surface area contributed by atoms with Crippen LogP contribution in [0, 0.1) is 17.5 Å². The minimum absolute atomic E-state index is 0.0238. The molecule has 0 saturated carbocycles. The largest absolute Gasteiger partial charge is 0.491 e. The van der Waals surface area contributed by atoms with E-state index in [2.05, 4.69) is 0 Å². The molecule has 3 nitrogen and oxygen atoms in total. The van der Waals surface area contributed by atoms with Gasteiger partial charge in [-0.2, -0.15) is 0 Å². The predicted molar refractivity (Wildman–Crippen MR) is 68.4 cm³/mol. The highest BCUT2D eigenvalue weighted by Crippen LogP contribution is 2.33. The van der Waals surface area contributed by atoms with E-state index >= 15 is 0 Å². The third kappa shape index (κ3) is 2.96. The number of rotatable bonds is 4. The van der Waals surface area contributed by atoms with Gasteiger partial charge in [0.25, 0.3) is 0 Å². The minimum atomic E-state index is -1.05. The first kappa shape index (κ1) is 14.0. The van der Waals surface area contributed by atoms with Gasteiger partial charge in [-0.05, 0) is 19.1 Å². The van der Waals surface area contributed by atoms with Crippen LogP contribution >= 0.6 is 0 Å². The highest BCUT2D eigenvalue weighted by atomic mass is 19.2. The third-order valence-corrected chi connectivity index (χ3v) is 2.48. The fourth-order valence-corrected chi connectivity index (χ4v) is 1.57. The normalized spacial score (nSPS) is 10.4. The third-order valence-electron chi connectivity index (χ3n) is 2.48. The van der Waals surface area contributed by atoms with Crippen LogP contribution < -0.4 is 15.2 Å². The lowest BCUT2D eigenvalue weighted by molar-refractivity contribution is 0.319. The van der Waals surface area contributed by atoms with E-state index in [9.17, 15) is 13.2 Å². The van der Waals surface area contributed by atoms with E-state index in [0.717, 1.165) is 18.2 Å². The van der Waals surface area contributed by atoms with Gasteiger partial charge in [0.2, 0.25) is 0 Å². The molecule has 0 aliphatic heterocycles. The van der Waals surface area contributed by atoms with Gasteiger partial charge in [0.1, 0.15) is 5.75 Å². The van der Waals surface area contributed by atoms with E-state index in [4.69, 9.17) is 15.2 Å². The average Bonchev–Trinajstić information content (AvgIpc) is 2.39. The van der Waals surface area contributed by atoms with E-state index < -0.39 is 17.5 Å². The van der Waals surface area contributed by atoms with E-state index in [1.54, 1.807) is 6.92 Å². The average molecular weight is 283 g/mol. The maximum absolute atomic E-state index is 13.5. The lowest BCUT2D eigenvalue weighted by Gasteiger charge is -2.12. The predicted octanol–water partition coefficient (Wildman–Crippen LogP) is 3.88. The molecule has 0 fully saturated rings. The molecule has 0 saturated heterocycles. The van der Waals surface area contributed by atoms with E-state index in [1.807, 2.05) is 0 Å². The molecule has 0 bridgehead atoms. The summed E-state index contributed by atoms with van der Waals surface area (Å²) in [4.78, 5) is 0. The highest BCUT2D eigenvalue weighted by molar-refractivity contribution is 5.57. The number of hydrogen-bond acceptors (Lipinski definition) is 3. The summed E-state index contributed by atoms with van der Waals surface area (Å²) in [5, 5.41) is 0. The zero-order valence-electron chi connectivity index (χ0n) is 10.6. The van der Waals surface area contributed by atoms with Crippen molar-refractivity contribution in [3.8, 4) is 17.2 Å². The molecule has 2 aromatic rings. The van der Waals surface area contributed by atoms with Crippen molar-refractivity contribution in [1.29, 1.82) is 0 Å². The van der Waals surface area contributed by atoms with Gasteiger partial charge >= 0.3 is 0 Å². The lowest BCUT2D eigenvalue weighted by Crippen LogP contribution is -1.99. The first-order valence-electron chi connectivity index (χ1n) is 5.86. The zero-order valence-corrected chi connectivity index (χ0v) is 10.6. The Kier molecular flexibility index (Phi) is 4.02. The quantitative estimate of drug-likeness (QED) is 0.866. The van der Waals surface area contributed by atoms with Gasteiger partial charge < -0.3 is 15.2 Å². The number of ether oxygens (including phenoxy) is 2. The van der Waals surface area contributed by atoms with Crippen LogP contribution in [0.25, 0.3) is 0 Å². The van der Waals surface area contributed by atoms with E-state index in [0.29, 0.717) is 0 Å². The summed E-state index contributed by atoms with van der Waals surface area (Å²) in [6.07, 6.45) is 0.